The summed E-state index contributed by atoms with van der Waals surface area (Å²) in [6, 6.07) is 76.9. The van der Waals surface area contributed by atoms with Crippen LogP contribution in [0.4, 0.5) is 51.2 Å². The molecule has 0 saturated carbocycles. The summed E-state index contributed by atoms with van der Waals surface area (Å²) in [5.74, 6) is 0. The molecule has 0 atom stereocenters. The van der Waals surface area contributed by atoms with Gasteiger partial charge in [0.1, 0.15) is 0 Å². The topological polar surface area (TPSA) is 9.72 Å². The molecule has 3 nitrogen and oxygen atoms in total. The van der Waals surface area contributed by atoms with Gasteiger partial charge in [0.05, 0.1) is 0 Å². The van der Waals surface area contributed by atoms with Crippen molar-refractivity contribution < 1.29 is 4.11 Å². The third-order valence-electron chi connectivity index (χ3n) is 19.0. The summed E-state index contributed by atoms with van der Waals surface area (Å²) in [4.78, 5) is 7.55. The lowest BCUT2D eigenvalue weighted by atomic mass is 9.33. The number of hydrogen-bond donors (Lipinski definition) is 0. The fraction of sp³-hybridized carbons (Fsp3) is 0.241. The fourth-order valence-electron chi connectivity index (χ4n) is 14.3. The number of fused-ring (bicyclic) bond motifs is 10. The van der Waals surface area contributed by atoms with Gasteiger partial charge in [-0.2, -0.15) is 0 Å². The maximum absolute atomic E-state index is 8.80. The third-order valence-corrected chi connectivity index (χ3v) is 19.0. The zero-order chi connectivity index (χ0) is 60.4. The van der Waals surface area contributed by atoms with E-state index in [1.807, 2.05) is 18.2 Å². The molecule has 410 valence electrons. The predicted octanol–water partition coefficient (Wildman–Crippen LogP) is 19.7. The molecule has 0 unspecified atom stereocenters. The standard InChI is InChI=1S/C79H76BN3/c1-49-21-15-16-22-59(49)50-27-42-70-69(43-50)80-68-41-38-58(81(54-32-28-51(29-33-54)75(2,3)4)55-34-30-52(31-35-55)76(5,6)7)48-71(68)83(57-37-40-63-61-24-18-20-26-65(61)79(13,14)67(63)47-57)73-45-53(77(8,9)10)44-72(74(73)80)82(70)56-36-39-62-60-23-17-19-25-64(60)78(11,12)66(62)46-56/h15-48H,1-14H3/i1D3. The van der Waals surface area contributed by atoms with Crippen LogP contribution in [0.15, 0.2) is 206 Å². The summed E-state index contributed by atoms with van der Waals surface area (Å²) in [5.41, 5.74) is 28.7. The number of rotatable bonds is 6. The largest absolute Gasteiger partial charge is 0.311 e. The van der Waals surface area contributed by atoms with E-state index in [0.717, 1.165) is 62.2 Å². The summed E-state index contributed by atoms with van der Waals surface area (Å²) in [7, 11) is 0. The summed E-state index contributed by atoms with van der Waals surface area (Å²) in [6.45, 7) is 27.6. The second-order valence-electron chi connectivity index (χ2n) is 28.1. The molecule has 0 spiro atoms. The van der Waals surface area contributed by atoms with Crippen LogP contribution >= 0.6 is 0 Å². The van der Waals surface area contributed by atoms with Crippen LogP contribution in [0.5, 0.6) is 0 Å². The van der Waals surface area contributed by atoms with E-state index in [0.29, 0.717) is 11.1 Å². The summed E-state index contributed by atoms with van der Waals surface area (Å²) in [6.07, 6.45) is 0. The summed E-state index contributed by atoms with van der Waals surface area (Å²) < 4.78 is 26.4. The Balaban J connectivity index is 1.08. The fourth-order valence-corrected chi connectivity index (χ4v) is 14.3. The molecular formula is C79H76BN3. The Bertz CT molecular complexity index is 4350. The molecule has 2 aliphatic carbocycles. The molecule has 2 aliphatic heterocycles. The van der Waals surface area contributed by atoms with E-state index in [1.165, 1.54) is 72.1 Å². The Hall–Kier alpha value is -8.34. The average Bonchev–Trinajstić information content (AvgIpc) is 0.748. The van der Waals surface area contributed by atoms with Crippen molar-refractivity contribution >= 4 is 74.3 Å². The number of benzene rings is 10. The zero-order valence-corrected chi connectivity index (χ0v) is 50.5. The quantitative estimate of drug-likeness (QED) is 0.154. The lowest BCUT2D eigenvalue weighted by Crippen LogP contribution is -2.61. The smallest absolute Gasteiger partial charge is 0.252 e. The Morgan fingerprint density at radius 3 is 1.34 bits per heavy atom. The van der Waals surface area contributed by atoms with Crippen LogP contribution in [0.1, 0.15) is 139 Å². The van der Waals surface area contributed by atoms with Gasteiger partial charge in [0, 0.05) is 66.1 Å². The van der Waals surface area contributed by atoms with Crippen LogP contribution in [0.2, 0.25) is 0 Å². The molecular weight excluding hydrogens is 1000 g/mol. The first-order valence-electron chi connectivity index (χ1n) is 31.4. The number of anilines is 9. The van der Waals surface area contributed by atoms with E-state index in [4.69, 9.17) is 4.11 Å². The number of hydrogen-bond acceptors (Lipinski definition) is 3. The molecule has 0 aromatic heterocycles. The molecule has 0 saturated heterocycles. The molecule has 10 aromatic carbocycles. The normalized spacial score (nSPS) is 15.7. The Morgan fingerprint density at radius 2 is 0.831 bits per heavy atom. The van der Waals surface area contributed by atoms with Crippen LogP contribution in [-0.2, 0) is 27.1 Å². The Kier molecular flexibility index (Phi) is 10.9. The van der Waals surface area contributed by atoms with Crippen LogP contribution in [-0.4, -0.2) is 6.71 Å². The van der Waals surface area contributed by atoms with Gasteiger partial charge in [-0.1, -0.05) is 217 Å². The molecule has 0 radical (unpaired) electrons. The first-order chi connectivity index (χ1) is 40.7. The molecule has 0 amide bonds. The molecule has 0 N–H and O–H groups in total. The highest BCUT2D eigenvalue weighted by molar-refractivity contribution is 7.00. The first-order valence-corrected chi connectivity index (χ1v) is 29.9. The molecule has 2 heterocycles. The van der Waals surface area contributed by atoms with Crippen LogP contribution in [0, 0.1) is 6.85 Å². The van der Waals surface area contributed by atoms with E-state index >= 15 is 0 Å². The van der Waals surface area contributed by atoms with E-state index in [1.54, 1.807) is 6.07 Å². The van der Waals surface area contributed by atoms with Gasteiger partial charge in [-0.05, 0) is 196 Å². The van der Waals surface area contributed by atoms with Gasteiger partial charge in [0.25, 0.3) is 6.71 Å². The van der Waals surface area contributed by atoms with E-state index < -0.39 is 6.85 Å². The zero-order valence-electron chi connectivity index (χ0n) is 53.5. The van der Waals surface area contributed by atoms with Crippen LogP contribution < -0.4 is 31.1 Å². The maximum Gasteiger partial charge on any atom is 0.252 e. The number of nitrogens with zero attached hydrogens (tertiary/aromatic N) is 3. The van der Waals surface area contributed by atoms with Gasteiger partial charge in [-0.15, -0.1) is 0 Å². The maximum atomic E-state index is 8.80. The molecule has 10 aromatic rings. The van der Waals surface area contributed by atoms with Gasteiger partial charge in [0.15, 0.2) is 0 Å². The van der Waals surface area contributed by atoms with Crippen molar-refractivity contribution in [2.45, 2.75) is 124 Å². The highest BCUT2D eigenvalue weighted by atomic mass is 15.2. The van der Waals surface area contributed by atoms with Crippen molar-refractivity contribution in [1.29, 1.82) is 0 Å². The van der Waals surface area contributed by atoms with Gasteiger partial charge >= 0.3 is 0 Å². The van der Waals surface area contributed by atoms with Crippen molar-refractivity contribution in [2.75, 3.05) is 14.7 Å². The van der Waals surface area contributed by atoms with Crippen molar-refractivity contribution in [1.82, 2.24) is 0 Å². The summed E-state index contributed by atoms with van der Waals surface area (Å²) >= 11 is 0. The van der Waals surface area contributed by atoms with Gasteiger partial charge in [0.2, 0.25) is 0 Å². The molecule has 83 heavy (non-hydrogen) atoms. The van der Waals surface area contributed by atoms with Crippen LogP contribution in [0.3, 0.4) is 0 Å². The minimum atomic E-state index is -2.32. The van der Waals surface area contributed by atoms with E-state index in [-0.39, 0.29) is 33.8 Å². The number of aryl methyl sites for hydroxylation is 1. The average molecular weight is 1080 g/mol. The lowest BCUT2D eigenvalue weighted by molar-refractivity contribution is 0.590. The SMILES string of the molecule is [2H]C([2H])([2H])c1ccccc1-c1ccc2c(c1)B1c3ccc(N(c4ccc(C(C)(C)C)cc4)c4ccc(C(C)(C)C)cc4)cc3N(c3ccc4c(c3)C(C)(C)c3ccccc3-4)c3cc(C(C)(C)C)cc(c31)N2c1ccc2c(c1)C(C)(C)c1ccccc1-2. The lowest BCUT2D eigenvalue weighted by Gasteiger charge is -2.45. The predicted molar refractivity (Wildman–Crippen MR) is 357 cm³/mol. The van der Waals surface area contributed by atoms with Crippen molar-refractivity contribution in [2.24, 2.45) is 0 Å². The molecule has 0 bridgehead atoms. The van der Waals surface area contributed by atoms with Gasteiger partial charge in [-0.25, -0.2) is 0 Å². The minimum Gasteiger partial charge on any atom is -0.311 e. The van der Waals surface area contributed by atoms with Crippen molar-refractivity contribution in [3.8, 4) is 33.4 Å². The second-order valence-corrected chi connectivity index (χ2v) is 28.1. The minimum absolute atomic E-state index is 0.0163. The summed E-state index contributed by atoms with van der Waals surface area (Å²) in [5, 5.41) is 0. The second kappa shape index (κ2) is 18.3. The third kappa shape index (κ3) is 8.21. The van der Waals surface area contributed by atoms with Crippen molar-refractivity contribution in [3.63, 3.8) is 0 Å². The molecule has 0 fully saturated rings. The first kappa shape index (κ1) is 49.3. The molecule has 4 aliphatic rings. The highest BCUT2D eigenvalue weighted by Crippen LogP contribution is 2.55. The Morgan fingerprint density at radius 1 is 0.373 bits per heavy atom. The van der Waals surface area contributed by atoms with Gasteiger partial charge < -0.3 is 14.7 Å². The molecule has 4 heteroatoms. The van der Waals surface area contributed by atoms with Gasteiger partial charge in [-0.3, -0.25) is 0 Å². The van der Waals surface area contributed by atoms with E-state index in [9.17, 15) is 0 Å². The Labute approximate surface area is 498 Å². The highest BCUT2D eigenvalue weighted by Gasteiger charge is 2.46. The van der Waals surface area contributed by atoms with Crippen LogP contribution in [0.25, 0.3) is 33.4 Å². The van der Waals surface area contributed by atoms with E-state index in [2.05, 4.69) is 287 Å². The monoisotopic (exact) mass is 1080 g/mol. The van der Waals surface area contributed by atoms with Crippen molar-refractivity contribution in [3.05, 3.63) is 251 Å². The molecule has 14 rings (SSSR count).